The number of fused-ring (bicyclic) bond motifs is 1. The average Bonchev–Trinajstić information content (AvgIpc) is 2.73. The number of anilines is 1. The molecule has 1 heterocycles. The van der Waals surface area contributed by atoms with Gasteiger partial charge in [0, 0.05) is 10.0 Å². The zero-order valence-electron chi connectivity index (χ0n) is 16.2. The number of hydrogen-bond donors (Lipinski definition) is 1. The molecule has 0 atom stereocenters. The standard InChI is InChI=1S/C23H17BrN2O4/c1-13-11-15(8-9-19(13)24)26-22(28)18(21(27)25-23(26)29)12-17-16-6-4-3-5-14(16)7-10-20(17)30-2/h3-12H,1-2H3,(H,25,27,29)/b18-12-. The Hall–Kier alpha value is -3.45. The van der Waals surface area contributed by atoms with E-state index in [0.717, 1.165) is 25.7 Å². The van der Waals surface area contributed by atoms with E-state index in [1.54, 1.807) is 24.3 Å². The fourth-order valence-electron chi connectivity index (χ4n) is 3.41. The molecule has 4 amide bonds. The van der Waals surface area contributed by atoms with Crippen LogP contribution in [0.25, 0.3) is 16.8 Å². The lowest BCUT2D eigenvalue weighted by Gasteiger charge is -2.27. The number of nitrogens with one attached hydrogen (secondary N) is 1. The van der Waals surface area contributed by atoms with Crippen molar-refractivity contribution < 1.29 is 19.1 Å². The molecule has 4 rings (SSSR count). The highest BCUT2D eigenvalue weighted by atomic mass is 79.9. The van der Waals surface area contributed by atoms with Crippen LogP contribution in [0.2, 0.25) is 0 Å². The summed E-state index contributed by atoms with van der Waals surface area (Å²) in [5, 5.41) is 4.02. The Morgan fingerprint density at radius 2 is 1.80 bits per heavy atom. The number of halogens is 1. The topological polar surface area (TPSA) is 75.7 Å². The molecule has 0 saturated carbocycles. The van der Waals surface area contributed by atoms with Gasteiger partial charge in [0.05, 0.1) is 12.8 Å². The van der Waals surface area contributed by atoms with Crippen LogP contribution in [0.5, 0.6) is 5.75 Å². The molecule has 6 nitrogen and oxygen atoms in total. The molecule has 3 aromatic carbocycles. The number of urea groups is 1. The molecule has 150 valence electrons. The Bertz CT molecular complexity index is 1250. The second-order valence-electron chi connectivity index (χ2n) is 6.79. The number of aryl methyl sites for hydroxylation is 1. The van der Waals surface area contributed by atoms with Crippen LogP contribution in [0.3, 0.4) is 0 Å². The summed E-state index contributed by atoms with van der Waals surface area (Å²) in [6.45, 7) is 1.85. The van der Waals surface area contributed by atoms with Crippen molar-refractivity contribution in [1.82, 2.24) is 5.32 Å². The lowest BCUT2D eigenvalue weighted by atomic mass is 9.99. The molecule has 0 aromatic heterocycles. The highest BCUT2D eigenvalue weighted by molar-refractivity contribution is 9.10. The van der Waals surface area contributed by atoms with Gasteiger partial charge in [-0.2, -0.15) is 0 Å². The van der Waals surface area contributed by atoms with Crippen molar-refractivity contribution in [3.05, 3.63) is 75.8 Å². The second kappa shape index (κ2) is 7.76. The summed E-state index contributed by atoms with van der Waals surface area (Å²) in [4.78, 5) is 39.2. The van der Waals surface area contributed by atoms with Gasteiger partial charge < -0.3 is 4.74 Å². The lowest BCUT2D eigenvalue weighted by Crippen LogP contribution is -2.54. The van der Waals surface area contributed by atoms with Gasteiger partial charge >= 0.3 is 6.03 Å². The van der Waals surface area contributed by atoms with Gasteiger partial charge in [-0.25, -0.2) is 9.69 Å². The number of imide groups is 2. The first kappa shape index (κ1) is 19.8. The Kier molecular flexibility index (Phi) is 5.13. The van der Waals surface area contributed by atoms with E-state index in [2.05, 4.69) is 21.2 Å². The second-order valence-corrected chi connectivity index (χ2v) is 7.65. The third-order valence-corrected chi connectivity index (χ3v) is 5.83. The van der Waals surface area contributed by atoms with Crippen LogP contribution in [0.15, 0.2) is 64.6 Å². The molecule has 1 N–H and O–H groups in total. The number of barbiturate groups is 1. The van der Waals surface area contributed by atoms with E-state index < -0.39 is 17.8 Å². The predicted molar refractivity (Wildman–Crippen MR) is 118 cm³/mol. The van der Waals surface area contributed by atoms with Crippen molar-refractivity contribution in [3.63, 3.8) is 0 Å². The van der Waals surface area contributed by atoms with Crippen LogP contribution in [-0.2, 0) is 9.59 Å². The van der Waals surface area contributed by atoms with Crippen LogP contribution in [0.1, 0.15) is 11.1 Å². The summed E-state index contributed by atoms with van der Waals surface area (Å²) in [6.07, 6.45) is 1.48. The molecular formula is C23H17BrN2O4. The number of nitrogens with zero attached hydrogens (tertiary/aromatic N) is 1. The van der Waals surface area contributed by atoms with E-state index in [4.69, 9.17) is 4.74 Å². The first-order chi connectivity index (χ1) is 14.4. The van der Waals surface area contributed by atoms with E-state index in [1.165, 1.54) is 13.2 Å². The summed E-state index contributed by atoms with van der Waals surface area (Å²) in [7, 11) is 1.52. The number of carbonyl (C=O) groups is 3. The number of ether oxygens (including phenoxy) is 1. The largest absolute Gasteiger partial charge is 0.496 e. The third kappa shape index (κ3) is 3.37. The SMILES string of the molecule is COc1ccc2ccccc2c1/C=C1/C(=O)NC(=O)N(c2ccc(Br)c(C)c2)C1=O. The molecule has 0 spiro atoms. The van der Waals surface area contributed by atoms with Crippen molar-refractivity contribution >= 4 is 56.3 Å². The highest BCUT2D eigenvalue weighted by Crippen LogP contribution is 2.32. The van der Waals surface area contributed by atoms with Crippen molar-refractivity contribution in [1.29, 1.82) is 0 Å². The van der Waals surface area contributed by atoms with Crippen LogP contribution >= 0.6 is 15.9 Å². The van der Waals surface area contributed by atoms with E-state index in [-0.39, 0.29) is 5.57 Å². The van der Waals surface area contributed by atoms with Gasteiger partial charge in [-0.15, -0.1) is 0 Å². The van der Waals surface area contributed by atoms with E-state index in [9.17, 15) is 14.4 Å². The average molecular weight is 465 g/mol. The Morgan fingerprint density at radius 1 is 1.03 bits per heavy atom. The minimum atomic E-state index is -0.784. The summed E-state index contributed by atoms with van der Waals surface area (Å²) in [6, 6.07) is 15.6. The van der Waals surface area contributed by atoms with Gasteiger partial charge in [0.2, 0.25) is 0 Å². The van der Waals surface area contributed by atoms with Crippen LogP contribution in [0, 0.1) is 6.92 Å². The van der Waals surface area contributed by atoms with Gasteiger partial charge in [0.25, 0.3) is 11.8 Å². The number of rotatable bonds is 3. The van der Waals surface area contributed by atoms with Crippen LogP contribution in [-0.4, -0.2) is 25.0 Å². The van der Waals surface area contributed by atoms with Crippen molar-refractivity contribution in [2.24, 2.45) is 0 Å². The lowest BCUT2D eigenvalue weighted by molar-refractivity contribution is -0.122. The van der Waals surface area contributed by atoms with E-state index in [1.807, 2.05) is 37.3 Å². The number of methoxy groups -OCH3 is 1. The summed E-state index contributed by atoms with van der Waals surface area (Å²) >= 11 is 3.40. The van der Waals surface area contributed by atoms with E-state index in [0.29, 0.717) is 17.0 Å². The smallest absolute Gasteiger partial charge is 0.335 e. The molecule has 30 heavy (non-hydrogen) atoms. The molecule has 0 aliphatic carbocycles. The third-order valence-electron chi connectivity index (χ3n) is 4.94. The minimum absolute atomic E-state index is 0.148. The van der Waals surface area contributed by atoms with E-state index >= 15 is 0 Å². The maximum absolute atomic E-state index is 13.2. The Balaban J connectivity index is 1.86. The van der Waals surface area contributed by atoms with Gasteiger partial charge in [-0.05, 0) is 53.6 Å². The molecule has 7 heteroatoms. The first-order valence-electron chi connectivity index (χ1n) is 9.14. The number of hydrogen-bond acceptors (Lipinski definition) is 4. The van der Waals surface area contributed by atoms with Gasteiger partial charge in [0.1, 0.15) is 11.3 Å². The maximum atomic E-state index is 13.2. The Labute approximate surface area is 181 Å². The molecule has 0 unspecified atom stereocenters. The number of benzene rings is 3. The number of amides is 4. The Morgan fingerprint density at radius 3 is 2.53 bits per heavy atom. The molecule has 1 fully saturated rings. The van der Waals surface area contributed by atoms with Crippen molar-refractivity contribution in [2.75, 3.05) is 12.0 Å². The van der Waals surface area contributed by atoms with Gasteiger partial charge in [-0.3, -0.25) is 14.9 Å². The summed E-state index contributed by atoms with van der Waals surface area (Å²) in [5.41, 5.74) is 1.67. The monoisotopic (exact) mass is 464 g/mol. The highest BCUT2D eigenvalue weighted by Gasteiger charge is 2.37. The fraction of sp³-hybridized carbons (Fsp3) is 0.0870. The molecule has 1 aliphatic rings. The quantitative estimate of drug-likeness (QED) is 0.454. The maximum Gasteiger partial charge on any atom is 0.335 e. The molecular weight excluding hydrogens is 448 g/mol. The molecule has 0 radical (unpaired) electrons. The molecule has 1 saturated heterocycles. The van der Waals surface area contributed by atoms with Crippen LogP contribution in [0.4, 0.5) is 10.5 Å². The normalized spacial score (nSPS) is 15.6. The fourth-order valence-corrected chi connectivity index (χ4v) is 3.65. The number of carbonyl (C=O) groups excluding carboxylic acids is 3. The summed E-state index contributed by atoms with van der Waals surface area (Å²) in [5.74, 6) is -0.921. The molecule has 0 bridgehead atoms. The first-order valence-corrected chi connectivity index (χ1v) is 9.93. The predicted octanol–water partition coefficient (Wildman–Crippen LogP) is 4.59. The summed E-state index contributed by atoms with van der Waals surface area (Å²) < 4.78 is 6.30. The van der Waals surface area contributed by atoms with Crippen molar-refractivity contribution in [2.45, 2.75) is 6.92 Å². The van der Waals surface area contributed by atoms with Crippen LogP contribution < -0.4 is 15.0 Å². The molecule has 1 aliphatic heterocycles. The van der Waals surface area contributed by atoms with Gasteiger partial charge in [-0.1, -0.05) is 46.3 Å². The minimum Gasteiger partial charge on any atom is -0.496 e. The van der Waals surface area contributed by atoms with Crippen molar-refractivity contribution in [3.8, 4) is 5.75 Å². The van der Waals surface area contributed by atoms with Gasteiger partial charge in [0.15, 0.2) is 0 Å². The zero-order chi connectivity index (χ0) is 21.4. The zero-order valence-corrected chi connectivity index (χ0v) is 17.8. The molecule has 3 aromatic rings.